The number of hydrogen-bond donors (Lipinski definition) is 0. The van der Waals surface area contributed by atoms with Gasteiger partial charge in [-0.05, 0) is 42.8 Å². The molecule has 0 aliphatic rings. The van der Waals surface area contributed by atoms with E-state index in [0.29, 0.717) is 16.9 Å². The second-order valence-corrected chi connectivity index (χ2v) is 8.49. The van der Waals surface area contributed by atoms with Crippen molar-refractivity contribution < 1.29 is 17.9 Å². The van der Waals surface area contributed by atoms with Crippen molar-refractivity contribution >= 4 is 31.7 Å². The Morgan fingerprint density at radius 1 is 1.17 bits per heavy atom. The monoisotopic (exact) mass is 411 g/mol. The number of halogens is 1. The van der Waals surface area contributed by atoms with E-state index in [9.17, 15) is 13.2 Å². The molecule has 128 valence electrons. The topological polar surface area (TPSA) is 63.7 Å². The highest BCUT2D eigenvalue weighted by molar-refractivity contribution is 9.10. The summed E-state index contributed by atoms with van der Waals surface area (Å²) in [5, 5.41) is 0. The van der Waals surface area contributed by atoms with Crippen LogP contribution in [0.1, 0.15) is 22.8 Å². The first-order valence-corrected chi connectivity index (χ1v) is 9.40. The molecule has 0 saturated carbocycles. The van der Waals surface area contributed by atoms with Gasteiger partial charge in [0.25, 0.3) is 0 Å². The third-order valence-electron chi connectivity index (χ3n) is 3.39. The van der Waals surface area contributed by atoms with Crippen LogP contribution in [0, 0.1) is 0 Å². The predicted molar refractivity (Wildman–Crippen MR) is 95.8 cm³/mol. The summed E-state index contributed by atoms with van der Waals surface area (Å²) in [6.45, 7) is 1.64. The Morgan fingerprint density at radius 3 is 2.50 bits per heavy atom. The van der Waals surface area contributed by atoms with Crippen molar-refractivity contribution in [1.29, 1.82) is 0 Å². The molecule has 0 radical (unpaired) electrons. The second-order valence-electron chi connectivity index (χ2n) is 5.42. The molecule has 0 spiro atoms. The van der Waals surface area contributed by atoms with Gasteiger partial charge in [0.1, 0.15) is 12.4 Å². The smallest absolute Gasteiger partial charge is 0.242 e. The van der Waals surface area contributed by atoms with Crippen LogP contribution in [0.2, 0.25) is 0 Å². The molecule has 2 rings (SSSR count). The van der Waals surface area contributed by atoms with Gasteiger partial charge in [-0.2, -0.15) is 0 Å². The van der Waals surface area contributed by atoms with Crippen molar-refractivity contribution in [3.05, 3.63) is 58.1 Å². The van der Waals surface area contributed by atoms with Crippen molar-refractivity contribution in [1.82, 2.24) is 4.31 Å². The molecular formula is C17H18BrNO4S. The van der Waals surface area contributed by atoms with E-state index in [1.54, 1.807) is 42.5 Å². The number of benzene rings is 2. The fraction of sp³-hybridized carbons (Fsp3) is 0.235. The Balaban J connectivity index is 2.24. The molecule has 0 heterocycles. The van der Waals surface area contributed by atoms with Gasteiger partial charge >= 0.3 is 0 Å². The molecule has 0 amide bonds. The van der Waals surface area contributed by atoms with Crippen LogP contribution in [-0.4, -0.2) is 32.6 Å². The number of carbonyl (C=O) groups is 1. The molecule has 0 aromatic heterocycles. The van der Waals surface area contributed by atoms with E-state index in [1.165, 1.54) is 21.0 Å². The Kier molecular flexibility index (Phi) is 5.79. The zero-order chi connectivity index (χ0) is 17.9. The van der Waals surface area contributed by atoms with Crippen molar-refractivity contribution in [2.45, 2.75) is 18.4 Å². The van der Waals surface area contributed by atoms with Gasteiger partial charge < -0.3 is 4.74 Å². The second kappa shape index (κ2) is 7.46. The Bertz CT molecular complexity index is 863. The molecule has 5 nitrogen and oxygen atoms in total. The largest absolute Gasteiger partial charge is 0.488 e. The predicted octanol–water partition coefficient (Wildman–Crippen LogP) is 3.48. The Labute approximate surface area is 150 Å². The van der Waals surface area contributed by atoms with E-state index in [1.807, 2.05) is 0 Å². The van der Waals surface area contributed by atoms with Gasteiger partial charge in [-0.3, -0.25) is 4.79 Å². The molecule has 0 bridgehead atoms. The van der Waals surface area contributed by atoms with Gasteiger partial charge in [-0.15, -0.1) is 0 Å². The molecule has 2 aromatic rings. The minimum Gasteiger partial charge on any atom is -0.488 e. The molecular weight excluding hydrogens is 394 g/mol. The molecule has 0 N–H and O–H groups in total. The van der Waals surface area contributed by atoms with E-state index in [-0.39, 0.29) is 17.3 Å². The minimum absolute atomic E-state index is 0.102. The number of hydrogen-bond acceptors (Lipinski definition) is 4. The maximum absolute atomic E-state index is 12.2. The van der Waals surface area contributed by atoms with Gasteiger partial charge in [0, 0.05) is 18.6 Å². The maximum atomic E-state index is 12.2. The van der Waals surface area contributed by atoms with Crippen molar-refractivity contribution in [3.63, 3.8) is 0 Å². The fourth-order valence-electron chi connectivity index (χ4n) is 2.07. The lowest BCUT2D eigenvalue weighted by molar-refractivity contribution is 0.101. The number of sulfonamides is 1. The van der Waals surface area contributed by atoms with E-state index >= 15 is 0 Å². The molecule has 24 heavy (non-hydrogen) atoms. The standard InChI is InChI=1S/C17H18BrNO4S/c1-12(20)16-10-14(18)7-8-17(16)23-11-13-5-4-6-15(9-13)24(21,22)19(2)3/h4-10H,11H2,1-3H3. The van der Waals surface area contributed by atoms with Crippen LogP contribution in [-0.2, 0) is 16.6 Å². The lowest BCUT2D eigenvalue weighted by Crippen LogP contribution is -2.22. The van der Waals surface area contributed by atoms with E-state index in [4.69, 9.17) is 4.74 Å². The van der Waals surface area contributed by atoms with E-state index in [2.05, 4.69) is 15.9 Å². The van der Waals surface area contributed by atoms with Gasteiger partial charge in [0.05, 0.1) is 10.5 Å². The number of Topliss-reactive ketones (excluding diaryl/α,β-unsaturated/α-hetero) is 1. The van der Waals surface area contributed by atoms with E-state index < -0.39 is 10.0 Å². The SMILES string of the molecule is CC(=O)c1cc(Br)ccc1OCc1cccc(S(=O)(=O)N(C)C)c1. The Hall–Kier alpha value is -1.70. The van der Waals surface area contributed by atoms with Crippen LogP contribution >= 0.6 is 15.9 Å². The number of ketones is 1. The lowest BCUT2D eigenvalue weighted by Gasteiger charge is -2.13. The average Bonchev–Trinajstić information content (AvgIpc) is 2.53. The van der Waals surface area contributed by atoms with Crippen LogP contribution in [0.15, 0.2) is 51.8 Å². The minimum atomic E-state index is -3.49. The summed E-state index contributed by atoms with van der Waals surface area (Å²) in [7, 11) is -0.521. The number of carbonyl (C=O) groups excluding carboxylic acids is 1. The third kappa shape index (κ3) is 4.23. The summed E-state index contributed by atoms with van der Waals surface area (Å²) in [5.74, 6) is 0.363. The first-order valence-electron chi connectivity index (χ1n) is 7.16. The summed E-state index contributed by atoms with van der Waals surface area (Å²) in [6, 6.07) is 11.8. The molecule has 0 aliphatic carbocycles. The number of nitrogens with zero attached hydrogens (tertiary/aromatic N) is 1. The van der Waals surface area contributed by atoms with Crippen molar-refractivity contribution in [3.8, 4) is 5.75 Å². The molecule has 0 atom stereocenters. The van der Waals surface area contributed by atoms with Crippen molar-refractivity contribution in [2.75, 3.05) is 14.1 Å². The highest BCUT2D eigenvalue weighted by atomic mass is 79.9. The fourth-order valence-corrected chi connectivity index (χ4v) is 3.40. The molecule has 2 aromatic carbocycles. The number of ether oxygens (including phenoxy) is 1. The first kappa shape index (κ1) is 18.6. The highest BCUT2D eigenvalue weighted by Gasteiger charge is 2.17. The highest BCUT2D eigenvalue weighted by Crippen LogP contribution is 2.25. The van der Waals surface area contributed by atoms with Crippen molar-refractivity contribution in [2.24, 2.45) is 0 Å². The van der Waals surface area contributed by atoms with Crippen LogP contribution in [0.5, 0.6) is 5.75 Å². The quantitative estimate of drug-likeness (QED) is 0.682. The Morgan fingerprint density at radius 2 is 1.88 bits per heavy atom. The summed E-state index contributed by atoms with van der Waals surface area (Å²) in [6.07, 6.45) is 0. The first-order chi connectivity index (χ1) is 11.2. The zero-order valence-corrected chi connectivity index (χ0v) is 16.0. The third-order valence-corrected chi connectivity index (χ3v) is 5.70. The van der Waals surface area contributed by atoms with Crippen LogP contribution in [0.4, 0.5) is 0 Å². The van der Waals surface area contributed by atoms with Gasteiger partial charge in [-0.25, -0.2) is 12.7 Å². The van der Waals surface area contributed by atoms with Crippen LogP contribution in [0.3, 0.4) is 0 Å². The maximum Gasteiger partial charge on any atom is 0.242 e. The summed E-state index contributed by atoms with van der Waals surface area (Å²) in [4.78, 5) is 11.9. The number of rotatable bonds is 6. The summed E-state index contributed by atoms with van der Waals surface area (Å²) >= 11 is 3.33. The molecule has 0 unspecified atom stereocenters. The zero-order valence-electron chi connectivity index (χ0n) is 13.6. The average molecular weight is 412 g/mol. The van der Waals surface area contributed by atoms with Gasteiger partial charge in [0.15, 0.2) is 5.78 Å². The summed E-state index contributed by atoms with van der Waals surface area (Å²) < 4.78 is 32.0. The molecule has 7 heteroatoms. The summed E-state index contributed by atoms with van der Waals surface area (Å²) in [5.41, 5.74) is 1.18. The van der Waals surface area contributed by atoms with Crippen LogP contribution < -0.4 is 4.74 Å². The van der Waals surface area contributed by atoms with E-state index in [0.717, 1.165) is 8.78 Å². The normalized spacial score (nSPS) is 11.5. The molecule has 0 fully saturated rings. The molecule has 0 aliphatic heterocycles. The van der Waals surface area contributed by atoms with Gasteiger partial charge in [-0.1, -0.05) is 28.1 Å². The molecule has 0 saturated heterocycles. The lowest BCUT2D eigenvalue weighted by atomic mass is 10.1. The van der Waals surface area contributed by atoms with Gasteiger partial charge in [0.2, 0.25) is 10.0 Å². The van der Waals surface area contributed by atoms with Crippen LogP contribution in [0.25, 0.3) is 0 Å².